The van der Waals surface area contributed by atoms with Crippen molar-refractivity contribution < 1.29 is 8.42 Å². The Balaban J connectivity index is 2.00. The number of halogens is 1. The van der Waals surface area contributed by atoms with E-state index in [0.29, 0.717) is 24.1 Å². The molecule has 1 fully saturated rings. The van der Waals surface area contributed by atoms with E-state index in [1.54, 1.807) is 6.92 Å². The minimum absolute atomic E-state index is 0.246. The molecule has 2 unspecified atom stereocenters. The van der Waals surface area contributed by atoms with Gasteiger partial charge >= 0.3 is 0 Å². The van der Waals surface area contributed by atoms with Gasteiger partial charge in [-0.2, -0.15) is 5.10 Å². The molecule has 0 saturated heterocycles. The number of nitrogens with zero attached hydrogens (tertiary/aromatic N) is 1. The topological polar surface area (TPSA) is 74.8 Å². The highest BCUT2D eigenvalue weighted by Crippen LogP contribution is 2.32. The van der Waals surface area contributed by atoms with Crippen LogP contribution >= 0.6 is 15.9 Å². The Morgan fingerprint density at radius 2 is 2.22 bits per heavy atom. The summed E-state index contributed by atoms with van der Waals surface area (Å²) in [5.74, 6) is 1.02. The second-order valence-electron chi connectivity index (χ2n) is 4.82. The molecule has 0 aromatic carbocycles. The monoisotopic (exact) mass is 335 g/mol. The number of alkyl halides is 1. The van der Waals surface area contributed by atoms with Gasteiger partial charge in [-0.25, -0.2) is 13.1 Å². The number of aryl methyl sites for hydroxylation is 1. The largest absolute Gasteiger partial charge is 0.281 e. The molecular weight excluding hydrogens is 318 g/mol. The van der Waals surface area contributed by atoms with Crippen molar-refractivity contribution in [1.29, 1.82) is 0 Å². The van der Waals surface area contributed by atoms with Gasteiger partial charge in [0.05, 0.1) is 11.9 Å². The van der Waals surface area contributed by atoms with Crippen molar-refractivity contribution >= 4 is 26.0 Å². The average Bonchev–Trinajstić information content (AvgIpc) is 2.94. The van der Waals surface area contributed by atoms with Crippen molar-refractivity contribution in [3.63, 3.8) is 0 Å². The van der Waals surface area contributed by atoms with Gasteiger partial charge in [-0.15, -0.1) is 0 Å². The van der Waals surface area contributed by atoms with Gasteiger partial charge in [-0.1, -0.05) is 22.4 Å². The molecule has 0 spiro atoms. The first-order valence-electron chi connectivity index (χ1n) is 6.10. The molecule has 7 heteroatoms. The molecule has 102 valence electrons. The van der Waals surface area contributed by atoms with Gasteiger partial charge in [-0.3, -0.25) is 5.10 Å². The molecule has 0 amide bonds. The molecule has 0 radical (unpaired) electrons. The fourth-order valence-electron chi connectivity index (χ4n) is 2.49. The summed E-state index contributed by atoms with van der Waals surface area (Å²) in [7, 11) is -3.43. The minimum Gasteiger partial charge on any atom is -0.281 e. The third kappa shape index (κ3) is 2.95. The average molecular weight is 336 g/mol. The quantitative estimate of drug-likeness (QED) is 0.806. The predicted molar refractivity (Wildman–Crippen MR) is 73.1 cm³/mol. The molecular formula is C11H18BrN3O2S. The van der Waals surface area contributed by atoms with Crippen molar-refractivity contribution in [2.45, 2.75) is 31.1 Å². The molecule has 0 aliphatic heterocycles. The van der Waals surface area contributed by atoms with Gasteiger partial charge in [0.1, 0.15) is 4.90 Å². The van der Waals surface area contributed by atoms with Crippen LogP contribution in [0.15, 0.2) is 11.1 Å². The van der Waals surface area contributed by atoms with E-state index in [-0.39, 0.29) is 4.90 Å². The number of rotatable bonds is 5. The Morgan fingerprint density at radius 3 is 2.83 bits per heavy atom. The van der Waals surface area contributed by atoms with Crippen molar-refractivity contribution in [3.05, 3.63) is 11.9 Å². The zero-order valence-electron chi connectivity index (χ0n) is 10.3. The summed E-state index contributed by atoms with van der Waals surface area (Å²) in [6, 6.07) is 0. The molecule has 1 aromatic heterocycles. The lowest BCUT2D eigenvalue weighted by Gasteiger charge is -2.17. The van der Waals surface area contributed by atoms with Crippen LogP contribution in [0.1, 0.15) is 25.0 Å². The summed E-state index contributed by atoms with van der Waals surface area (Å²) in [5, 5.41) is 7.34. The summed E-state index contributed by atoms with van der Waals surface area (Å²) in [6.45, 7) is 2.22. The van der Waals surface area contributed by atoms with Gasteiger partial charge in [0.15, 0.2) is 0 Å². The van der Waals surface area contributed by atoms with Crippen LogP contribution in [0.3, 0.4) is 0 Å². The Hall–Kier alpha value is -0.400. The fourth-order valence-corrected chi connectivity index (χ4v) is 4.57. The standard InChI is InChI=1S/C11H18BrN3O2S/c1-8-11(7-13-15-8)18(16,17)14-6-10-4-2-3-9(10)5-12/h7,9-10,14H,2-6H2,1H3,(H,13,15). The summed E-state index contributed by atoms with van der Waals surface area (Å²) in [4.78, 5) is 0.246. The predicted octanol–water partition coefficient (Wildman–Crippen LogP) is 1.81. The van der Waals surface area contributed by atoms with Crippen LogP contribution in [0.5, 0.6) is 0 Å². The molecule has 1 aliphatic carbocycles. The lowest BCUT2D eigenvalue weighted by atomic mass is 9.99. The number of aromatic nitrogens is 2. The van der Waals surface area contributed by atoms with E-state index in [9.17, 15) is 8.42 Å². The van der Waals surface area contributed by atoms with E-state index in [1.807, 2.05) is 0 Å². The molecule has 2 N–H and O–H groups in total. The van der Waals surface area contributed by atoms with Crippen LogP contribution in [-0.4, -0.2) is 30.5 Å². The van der Waals surface area contributed by atoms with Crippen LogP contribution in [0.4, 0.5) is 0 Å². The third-order valence-corrected chi connectivity index (χ3v) is 5.99. The Bertz CT molecular complexity index is 500. The zero-order chi connectivity index (χ0) is 13.2. The zero-order valence-corrected chi connectivity index (χ0v) is 12.7. The summed E-state index contributed by atoms with van der Waals surface area (Å²) < 4.78 is 26.9. The maximum atomic E-state index is 12.1. The van der Waals surface area contributed by atoms with Gasteiger partial charge in [0, 0.05) is 11.9 Å². The Labute approximate surface area is 116 Å². The number of H-pyrrole nitrogens is 1. The van der Waals surface area contributed by atoms with E-state index in [4.69, 9.17) is 0 Å². The number of nitrogens with one attached hydrogen (secondary N) is 2. The molecule has 2 atom stereocenters. The van der Waals surface area contributed by atoms with Crippen LogP contribution in [0.2, 0.25) is 0 Å². The van der Waals surface area contributed by atoms with Crippen molar-refractivity contribution in [1.82, 2.24) is 14.9 Å². The highest BCUT2D eigenvalue weighted by molar-refractivity contribution is 9.09. The summed E-state index contributed by atoms with van der Waals surface area (Å²) in [6.07, 6.45) is 4.83. The molecule has 0 bridgehead atoms. The summed E-state index contributed by atoms with van der Waals surface area (Å²) >= 11 is 3.50. The molecule has 1 saturated carbocycles. The van der Waals surface area contributed by atoms with Crippen molar-refractivity contribution in [2.24, 2.45) is 11.8 Å². The molecule has 2 rings (SSSR count). The number of hydrogen-bond donors (Lipinski definition) is 2. The third-order valence-electron chi connectivity index (χ3n) is 3.62. The Kier molecular flexibility index (Phi) is 4.45. The first-order valence-corrected chi connectivity index (χ1v) is 8.70. The fraction of sp³-hybridized carbons (Fsp3) is 0.727. The second-order valence-corrected chi connectivity index (χ2v) is 7.20. The first kappa shape index (κ1) is 14.0. The lowest BCUT2D eigenvalue weighted by Crippen LogP contribution is -2.31. The minimum atomic E-state index is -3.43. The van der Waals surface area contributed by atoms with Gasteiger partial charge in [0.2, 0.25) is 10.0 Å². The SMILES string of the molecule is Cc1[nH]ncc1S(=O)(=O)NCC1CCCC1CBr. The first-order chi connectivity index (χ1) is 8.54. The highest BCUT2D eigenvalue weighted by Gasteiger charge is 2.28. The molecule has 1 aromatic rings. The number of hydrogen-bond acceptors (Lipinski definition) is 3. The second kappa shape index (κ2) is 5.71. The van der Waals surface area contributed by atoms with Gasteiger partial charge in [-0.05, 0) is 31.6 Å². The van der Waals surface area contributed by atoms with E-state index in [0.717, 1.165) is 11.8 Å². The van der Waals surface area contributed by atoms with Crippen molar-refractivity contribution in [2.75, 3.05) is 11.9 Å². The van der Waals surface area contributed by atoms with Crippen LogP contribution < -0.4 is 4.72 Å². The maximum Gasteiger partial charge on any atom is 0.243 e. The highest BCUT2D eigenvalue weighted by atomic mass is 79.9. The van der Waals surface area contributed by atoms with E-state index in [1.165, 1.54) is 19.0 Å². The van der Waals surface area contributed by atoms with Crippen LogP contribution in [0.25, 0.3) is 0 Å². The smallest absolute Gasteiger partial charge is 0.243 e. The Morgan fingerprint density at radius 1 is 1.50 bits per heavy atom. The van der Waals surface area contributed by atoms with Crippen LogP contribution in [0, 0.1) is 18.8 Å². The number of aromatic amines is 1. The normalized spacial score (nSPS) is 24.6. The molecule has 1 aliphatic rings. The molecule has 18 heavy (non-hydrogen) atoms. The van der Waals surface area contributed by atoms with Crippen LogP contribution in [-0.2, 0) is 10.0 Å². The summed E-state index contributed by atoms with van der Waals surface area (Å²) in [5.41, 5.74) is 0.575. The van der Waals surface area contributed by atoms with E-state index >= 15 is 0 Å². The van der Waals surface area contributed by atoms with Gasteiger partial charge < -0.3 is 0 Å². The number of sulfonamides is 1. The lowest BCUT2D eigenvalue weighted by molar-refractivity contribution is 0.422. The van der Waals surface area contributed by atoms with E-state index in [2.05, 4.69) is 30.8 Å². The maximum absolute atomic E-state index is 12.1. The van der Waals surface area contributed by atoms with E-state index < -0.39 is 10.0 Å². The van der Waals surface area contributed by atoms with Gasteiger partial charge in [0.25, 0.3) is 0 Å². The van der Waals surface area contributed by atoms with Crippen molar-refractivity contribution in [3.8, 4) is 0 Å². The molecule has 1 heterocycles. The molecule has 5 nitrogen and oxygen atoms in total.